The zero-order chi connectivity index (χ0) is 16.4. The Bertz CT molecular complexity index is 678. The minimum absolute atomic E-state index is 0.0337. The molecule has 0 radical (unpaired) electrons. The van der Waals surface area contributed by atoms with Gasteiger partial charge in [0.05, 0.1) is 6.04 Å². The molecule has 122 valence electrons. The summed E-state index contributed by atoms with van der Waals surface area (Å²) in [5, 5.41) is 3.99. The van der Waals surface area contributed by atoms with E-state index in [1.54, 1.807) is 6.92 Å². The number of hydrogen-bond donors (Lipinski definition) is 0. The molecule has 1 unspecified atom stereocenters. The van der Waals surface area contributed by atoms with E-state index in [0.29, 0.717) is 17.3 Å². The van der Waals surface area contributed by atoms with E-state index in [2.05, 4.69) is 15.0 Å². The second kappa shape index (κ2) is 6.50. The molecule has 6 heteroatoms. The molecule has 1 saturated heterocycles. The first-order chi connectivity index (χ1) is 11.0. The third kappa shape index (κ3) is 3.42. The zero-order valence-electron chi connectivity index (χ0n) is 13.8. The molecule has 0 saturated carbocycles. The maximum atomic E-state index is 12.8. The first kappa shape index (κ1) is 15.7. The topological polar surface area (TPSA) is 62.5 Å². The molecule has 23 heavy (non-hydrogen) atoms. The van der Waals surface area contributed by atoms with E-state index in [1.807, 2.05) is 43.3 Å². The predicted octanol–water partition coefficient (Wildman–Crippen LogP) is 2.42. The average Bonchev–Trinajstić information content (AvgIpc) is 3.15. The van der Waals surface area contributed by atoms with Crippen LogP contribution in [-0.4, -0.2) is 46.5 Å². The van der Waals surface area contributed by atoms with E-state index < -0.39 is 0 Å². The Kier molecular flexibility index (Phi) is 4.43. The van der Waals surface area contributed by atoms with Gasteiger partial charge in [-0.15, -0.1) is 0 Å². The van der Waals surface area contributed by atoms with Crippen LogP contribution in [0.25, 0.3) is 0 Å². The molecule has 1 atom stereocenters. The Balaban J connectivity index is 1.76. The van der Waals surface area contributed by atoms with Crippen molar-refractivity contribution in [3.63, 3.8) is 0 Å². The fourth-order valence-electron chi connectivity index (χ4n) is 3.01. The molecule has 1 aliphatic rings. The van der Waals surface area contributed by atoms with Crippen molar-refractivity contribution in [1.29, 1.82) is 0 Å². The van der Waals surface area contributed by atoms with Crippen molar-refractivity contribution in [3.8, 4) is 0 Å². The molecule has 2 aromatic rings. The SMILES string of the molecule is Cc1nc(C2CCCN2C(=O)c2ccc(CN(C)C)cc2)no1. The van der Waals surface area contributed by atoms with Crippen molar-refractivity contribution in [2.75, 3.05) is 20.6 Å². The summed E-state index contributed by atoms with van der Waals surface area (Å²) in [6.45, 7) is 3.36. The Hall–Kier alpha value is -2.21. The predicted molar refractivity (Wildman–Crippen MR) is 85.9 cm³/mol. The van der Waals surface area contributed by atoms with Gasteiger partial charge >= 0.3 is 0 Å². The summed E-state index contributed by atoms with van der Waals surface area (Å²) in [4.78, 5) is 21.0. The molecular formula is C17H22N4O2. The van der Waals surface area contributed by atoms with Crippen LogP contribution in [0.4, 0.5) is 0 Å². The molecule has 6 nitrogen and oxygen atoms in total. The van der Waals surface area contributed by atoms with Gasteiger partial charge in [-0.3, -0.25) is 4.79 Å². The lowest BCUT2D eigenvalue weighted by molar-refractivity contribution is 0.0728. The van der Waals surface area contributed by atoms with Gasteiger partial charge in [-0.25, -0.2) is 0 Å². The van der Waals surface area contributed by atoms with Gasteiger partial charge in [0.2, 0.25) is 5.89 Å². The van der Waals surface area contributed by atoms with Crippen molar-refractivity contribution in [1.82, 2.24) is 19.9 Å². The minimum atomic E-state index is -0.0820. The van der Waals surface area contributed by atoms with Gasteiger partial charge in [0.1, 0.15) is 0 Å². The molecule has 3 rings (SSSR count). The molecule has 0 N–H and O–H groups in total. The highest BCUT2D eigenvalue weighted by Crippen LogP contribution is 2.31. The Morgan fingerprint density at radius 1 is 1.35 bits per heavy atom. The van der Waals surface area contributed by atoms with Gasteiger partial charge in [0.25, 0.3) is 5.91 Å². The fraction of sp³-hybridized carbons (Fsp3) is 0.471. The number of benzene rings is 1. The lowest BCUT2D eigenvalue weighted by Gasteiger charge is -2.22. The van der Waals surface area contributed by atoms with Gasteiger partial charge in [0, 0.05) is 25.6 Å². The number of hydrogen-bond acceptors (Lipinski definition) is 5. The first-order valence-corrected chi connectivity index (χ1v) is 7.89. The largest absolute Gasteiger partial charge is 0.340 e. The second-order valence-corrected chi connectivity index (χ2v) is 6.26. The highest BCUT2D eigenvalue weighted by Gasteiger charge is 2.33. The molecule has 1 fully saturated rings. The lowest BCUT2D eigenvalue weighted by atomic mass is 10.1. The third-order valence-electron chi connectivity index (χ3n) is 4.05. The number of carbonyl (C=O) groups is 1. The van der Waals surface area contributed by atoms with Crippen molar-refractivity contribution in [2.45, 2.75) is 32.4 Å². The second-order valence-electron chi connectivity index (χ2n) is 6.26. The molecule has 0 bridgehead atoms. The molecular weight excluding hydrogens is 292 g/mol. The minimum Gasteiger partial charge on any atom is -0.340 e. The number of amides is 1. The smallest absolute Gasteiger partial charge is 0.254 e. The fourth-order valence-corrected chi connectivity index (χ4v) is 3.01. The van der Waals surface area contributed by atoms with E-state index in [0.717, 1.165) is 25.9 Å². The maximum absolute atomic E-state index is 12.8. The summed E-state index contributed by atoms with van der Waals surface area (Å²) in [7, 11) is 4.06. The number of likely N-dealkylation sites (tertiary alicyclic amines) is 1. The Morgan fingerprint density at radius 2 is 2.09 bits per heavy atom. The van der Waals surface area contributed by atoms with E-state index in [-0.39, 0.29) is 11.9 Å². The van der Waals surface area contributed by atoms with Gasteiger partial charge < -0.3 is 14.3 Å². The number of carbonyl (C=O) groups excluding carboxylic acids is 1. The molecule has 1 aromatic carbocycles. The van der Waals surface area contributed by atoms with Crippen LogP contribution in [0.3, 0.4) is 0 Å². The van der Waals surface area contributed by atoms with Crippen LogP contribution in [-0.2, 0) is 6.54 Å². The van der Waals surface area contributed by atoms with E-state index in [4.69, 9.17) is 4.52 Å². The summed E-state index contributed by atoms with van der Waals surface area (Å²) >= 11 is 0. The van der Waals surface area contributed by atoms with Crippen LogP contribution in [0, 0.1) is 6.92 Å². The molecule has 0 spiro atoms. The number of nitrogens with zero attached hydrogens (tertiary/aromatic N) is 4. The van der Waals surface area contributed by atoms with Crippen LogP contribution in [0.5, 0.6) is 0 Å². The zero-order valence-corrected chi connectivity index (χ0v) is 13.8. The van der Waals surface area contributed by atoms with Crippen molar-refractivity contribution < 1.29 is 9.32 Å². The molecule has 1 aromatic heterocycles. The van der Waals surface area contributed by atoms with Crippen molar-refractivity contribution in [2.24, 2.45) is 0 Å². The summed E-state index contributed by atoms with van der Waals surface area (Å²) < 4.78 is 5.06. The van der Waals surface area contributed by atoms with Crippen LogP contribution in [0.15, 0.2) is 28.8 Å². The molecule has 2 heterocycles. The van der Waals surface area contributed by atoms with Gasteiger partial charge in [-0.05, 0) is 44.6 Å². The summed E-state index contributed by atoms with van der Waals surface area (Å²) in [6.07, 6.45) is 1.84. The highest BCUT2D eigenvalue weighted by molar-refractivity contribution is 5.94. The third-order valence-corrected chi connectivity index (χ3v) is 4.05. The summed E-state index contributed by atoms with van der Waals surface area (Å²) in [6, 6.07) is 7.74. The average molecular weight is 314 g/mol. The van der Waals surface area contributed by atoms with E-state index in [9.17, 15) is 4.79 Å². The van der Waals surface area contributed by atoms with Crippen LogP contribution in [0.1, 0.15) is 46.5 Å². The Labute approximate surface area is 136 Å². The molecule has 1 amide bonds. The van der Waals surface area contributed by atoms with Gasteiger partial charge in [0.15, 0.2) is 5.82 Å². The van der Waals surface area contributed by atoms with Gasteiger partial charge in [-0.1, -0.05) is 17.3 Å². The van der Waals surface area contributed by atoms with Crippen LogP contribution < -0.4 is 0 Å². The molecule has 0 aliphatic carbocycles. The summed E-state index contributed by atoms with van der Waals surface area (Å²) in [5.74, 6) is 1.18. The maximum Gasteiger partial charge on any atom is 0.254 e. The van der Waals surface area contributed by atoms with Gasteiger partial charge in [-0.2, -0.15) is 4.98 Å². The molecule has 1 aliphatic heterocycles. The lowest BCUT2D eigenvalue weighted by Crippen LogP contribution is -2.31. The van der Waals surface area contributed by atoms with Crippen LogP contribution >= 0.6 is 0 Å². The standard InChI is InChI=1S/C17H22N4O2/c1-12-18-16(19-23-12)15-5-4-10-21(15)17(22)14-8-6-13(7-9-14)11-20(2)3/h6-9,15H,4-5,10-11H2,1-3H3. The quantitative estimate of drug-likeness (QED) is 0.867. The van der Waals surface area contributed by atoms with E-state index in [1.165, 1.54) is 5.56 Å². The van der Waals surface area contributed by atoms with Crippen LogP contribution in [0.2, 0.25) is 0 Å². The number of aromatic nitrogens is 2. The van der Waals surface area contributed by atoms with Crippen molar-refractivity contribution in [3.05, 3.63) is 47.1 Å². The summed E-state index contributed by atoms with van der Waals surface area (Å²) in [5.41, 5.74) is 1.90. The van der Waals surface area contributed by atoms with E-state index >= 15 is 0 Å². The Morgan fingerprint density at radius 3 is 2.70 bits per heavy atom. The first-order valence-electron chi connectivity index (χ1n) is 7.89. The number of aryl methyl sites for hydroxylation is 1. The normalized spacial score (nSPS) is 17.9. The van der Waals surface area contributed by atoms with Crippen molar-refractivity contribution >= 4 is 5.91 Å². The monoisotopic (exact) mass is 314 g/mol. The highest BCUT2D eigenvalue weighted by atomic mass is 16.5. The number of rotatable bonds is 4.